The maximum atomic E-state index is 13.3. The van der Waals surface area contributed by atoms with Crippen molar-refractivity contribution in [3.05, 3.63) is 63.6 Å². The monoisotopic (exact) mass is 541 g/mol. The first-order valence-electron chi connectivity index (χ1n) is 11.4. The number of carbonyl (C=O) groups is 2. The molecule has 7 nitrogen and oxygen atoms in total. The van der Waals surface area contributed by atoms with Crippen LogP contribution in [0.3, 0.4) is 0 Å². The van der Waals surface area contributed by atoms with E-state index in [-0.39, 0.29) is 43.8 Å². The minimum atomic E-state index is -3.53. The van der Waals surface area contributed by atoms with Crippen LogP contribution in [0.4, 0.5) is 5.69 Å². The first-order chi connectivity index (χ1) is 16.3. The summed E-state index contributed by atoms with van der Waals surface area (Å²) in [6.45, 7) is 7.59. The lowest BCUT2D eigenvalue weighted by Crippen LogP contribution is -2.49. The van der Waals surface area contributed by atoms with E-state index in [0.717, 1.165) is 17.4 Å². The fourth-order valence-electron chi connectivity index (χ4n) is 3.54. The average molecular weight is 543 g/mol. The largest absolute Gasteiger partial charge is 0.352 e. The van der Waals surface area contributed by atoms with E-state index < -0.39 is 16.1 Å². The Kier molecular flexibility index (Phi) is 10.4. The van der Waals surface area contributed by atoms with Gasteiger partial charge >= 0.3 is 0 Å². The zero-order valence-electron chi connectivity index (χ0n) is 20.7. The van der Waals surface area contributed by atoms with Gasteiger partial charge in [0.15, 0.2) is 0 Å². The number of nitrogens with one attached hydrogen (secondary N) is 1. The third kappa shape index (κ3) is 8.70. The first kappa shape index (κ1) is 28.9. The molecule has 0 aromatic heterocycles. The van der Waals surface area contributed by atoms with Gasteiger partial charge in [0.1, 0.15) is 6.04 Å². The lowest BCUT2D eigenvalue weighted by atomic mass is 10.1. The van der Waals surface area contributed by atoms with Gasteiger partial charge in [0.25, 0.3) is 0 Å². The number of halogens is 2. The van der Waals surface area contributed by atoms with Gasteiger partial charge in [-0.05, 0) is 63.9 Å². The van der Waals surface area contributed by atoms with Crippen molar-refractivity contribution in [3.63, 3.8) is 0 Å². The molecule has 2 aromatic carbocycles. The summed E-state index contributed by atoms with van der Waals surface area (Å²) < 4.78 is 26.1. The predicted molar refractivity (Wildman–Crippen MR) is 142 cm³/mol. The molecule has 0 bridgehead atoms. The fraction of sp³-hybridized carbons (Fsp3) is 0.440. The summed E-state index contributed by atoms with van der Waals surface area (Å²) in [7, 11) is -3.53. The van der Waals surface area contributed by atoms with Crippen molar-refractivity contribution < 1.29 is 18.0 Å². The van der Waals surface area contributed by atoms with Crippen LogP contribution in [0.25, 0.3) is 0 Å². The third-order valence-corrected chi connectivity index (χ3v) is 7.34. The summed E-state index contributed by atoms with van der Waals surface area (Å²) in [6.07, 6.45) is 1.50. The van der Waals surface area contributed by atoms with Gasteiger partial charge in [0, 0.05) is 25.6 Å². The smallest absolute Gasteiger partial charge is 0.242 e. The Balaban J connectivity index is 2.18. The molecule has 0 saturated carbocycles. The molecule has 2 rings (SSSR count). The van der Waals surface area contributed by atoms with Crippen molar-refractivity contribution in [2.45, 2.75) is 59.2 Å². The van der Waals surface area contributed by atoms with Gasteiger partial charge in [-0.2, -0.15) is 0 Å². The molecule has 0 saturated heterocycles. The number of benzene rings is 2. The van der Waals surface area contributed by atoms with Crippen molar-refractivity contribution in [2.24, 2.45) is 0 Å². The molecule has 0 aliphatic carbocycles. The van der Waals surface area contributed by atoms with Crippen molar-refractivity contribution in [2.75, 3.05) is 17.1 Å². The van der Waals surface area contributed by atoms with Gasteiger partial charge in [-0.25, -0.2) is 8.42 Å². The van der Waals surface area contributed by atoms with E-state index in [1.807, 2.05) is 32.9 Å². The number of hydrogen-bond acceptors (Lipinski definition) is 4. The highest BCUT2D eigenvalue weighted by Gasteiger charge is 2.27. The minimum absolute atomic E-state index is 0.0680. The summed E-state index contributed by atoms with van der Waals surface area (Å²) in [5.74, 6) is -0.536. The van der Waals surface area contributed by atoms with Gasteiger partial charge in [-0.3, -0.25) is 13.9 Å². The lowest BCUT2D eigenvalue weighted by Gasteiger charge is -2.30. The Labute approximate surface area is 218 Å². The topological polar surface area (TPSA) is 86.8 Å². The number of hydrogen-bond donors (Lipinski definition) is 1. The Morgan fingerprint density at radius 3 is 2.17 bits per heavy atom. The summed E-state index contributed by atoms with van der Waals surface area (Å²) in [4.78, 5) is 27.4. The minimum Gasteiger partial charge on any atom is -0.352 e. The highest BCUT2D eigenvalue weighted by Crippen LogP contribution is 2.24. The molecule has 2 aromatic rings. The quantitative estimate of drug-likeness (QED) is 0.443. The van der Waals surface area contributed by atoms with Crippen molar-refractivity contribution in [3.8, 4) is 0 Å². The molecule has 1 atom stereocenters. The Morgan fingerprint density at radius 2 is 1.63 bits per heavy atom. The van der Waals surface area contributed by atoms with Crippen LogP contribution in [0.2, 0.25) is 10.0 Å². The Morgan fingerprint density at radius 1 is 1.00 bits per heavy atom. The molecule has 192 valence electrons. The molecule has 0 aliphatic heterocycles. The van der Waals surface area contributed by atoms with E-state index in [0.29, 0.717) is 15.7 Å². The highest BCUT2D eigenvalue weighted by molar-refractivity contribution is 7.92. The average Bonchev–Trinajstić information content (AvgIpc) is 2.76. The summed E-state index contributed by atoms with van der Waals surface area (Å²) in [6, 6.07) is 11.4. The second kappa shape index (κ2) is 12.6. The van der Waals surface area contributed by atoms with E-state index in [1.165, 1.54) is 9.21 Å². The fourth-order valence-corrected chi connectivity index (χ4v) is 4.82. The Bertz CT molecular complexity index is 1140. The standard InChI is InChI=1S/C25H33Cl2N3O4S/c1-17(2)28-25(32)19(4)29(16-20-10-13-22(26)23(27)15-20)24(31)7-6-14-30(35(5,33)34)21-11-8-18(3)9-12-21/h8-13,15,17,19H,6-7,14,16H2,1-5H3,(H,28,32)/t19-/m0/s1. The molecule has 0 spiro atoms. The van der Waals surface area contributed by atoms with Crippen LogP contribution < -0.4 is 9.62 Å². The van der Waals surface area contributed by atoms with Gasteiger partial charge in [-0.1, -0.05) is 47.0 Å². The van der Waals surface area contributed by atoms with E-state index in [1.54, 1.807) is 37.3 Å². The van der Waals surface area contributed by atoms with Crippen LogP contribution in [0.5, 0.6) is 0 Å². The maximum absolute atomic E-state index is 13.3. The molecular weight excluding hydrogens is 509 g/mol. The van der Waals surface area contributed by atoms with Gasteiger partial charge in [0.05, 0.1) is 22.0 Å². The number of carbonyl (C=O) groups excluding carboxylic acids is 2. The summed E-state index contributed by atoms with van der Waals surface area (Å²) >= 11 is 12.2. The number of sulfonamides is 1. The van der Waals surface area contributed by atoms with Crippen LogP contribution >= 0.6 is 23.2 Å². The van der Waals surface area contributed by atoms with Crippen LogP contribution in [-0.4, -0.2) is 50.0 Å². The van der Waals surface area contributed by atoms with Crippen molar-refractivity contribution in [1.82, 2.24) is 10.2 Å². The molecule has 10 heteroatoms. The number of amides is 2. The molecule has 0 aliphatic rings. The van der Waals surface area contributed by atoms with Gasteiger partial charge in [0.2, 0.25) is 21.8 Å². The molecule has 1 N–H and O–H groups in total. The summed E-state index contributed by atoms with van der Waals surface area (Å²) in [5.41, 5.74) is 2.29. The van der Waals surface area contributed by atoms with Crippen molar-refractivity contribution >= 4 is 50.7 Å². The second-order valence-electron chi connectivity index (χ2n) is 8.88. The van der Waals surface area contributed by atoms with Crippen LogP contribution in [0.15, 0.2) is 42.5 Å². The molecule has 0 radical (unpaired) electrons. The highest BCUT2D eigenvalue weighted by atomic mass is 35.5. The van der Waals surface area contributed by atoms with Crippen LogP contribution in [-0.2, 0) is 26.2 Å². The maximum Gasteiger partial charge on any atom is 0.242 e. The number of rotatable bonds is 11. The second-order valence-corrected chi connectivity index (χ2v) is 11.6. The SMILES string of the molecule is Cc1ccc(N(CCCC(=O)N(Cc2ccc(Cl)c(Cl)c2)[C@@H](C)C(=O)NC(C)C)S(C)(=O)=O)cc1. The zero-order chi connectivity index (χ0) is 26.3. The predicted octanol–water partition coefficient (Wildman–Crippen LogP) is 4.79. The van der Waals surface area contributed by atoms with Gasteiger partial charge in [-0.15, -0.1) is 0 Å². The van der Waals surface area contributed by atoms with Gasteiger partial charge < -0.3 is 10.2 Å². The Hall–Kier alpha value is -2.29. The van der Waals surface area contributed by atoms with E-state index in [9.17, 15) is 18.0 Å². The van der Waals surface area contributed by atoms with Crippen molar-refractivity contribution in [1.29, 1.82) is 0 Å². The lowest BCUT2D eigenvalue weighted by molar-refractivity contribution is -0.140. The van der Waals surface area contributed by atoms with E-state index >= 15 is 0 Å². The third-order valence-electron chi connectivity index (χ3n) is 5.41. The zero-order valence-corrected chi connectivity index (χ0v) is 23.0. The number of anilines is 1. The van der Waals surface area contributed by atoms with E-state index in [4.69, 9.17) is 23.2 Å². The molecule has 2 amide bonds. The van der Waals surface area contributed by atoms with E-state index in [2.05, 4.69) is 5.32 Å². The molecule has 0 unspecified atom stereocenters. The van der Waals surface area contributed by atoms with Crippen LogP contribution in [0.1, 0.15) is 44.7 Å². The number of aryl methyl sites for hydroxylation is 1. The number of nitrogens with zero attached hydrogens (tertiary/aromatic N) is 2. The summed E-state index contributed by atoms with van der Waals surface area (Å²) in [5, 5.41) is 3.59. The normalized spacial score (nSPS) is 12.3. The first-order valence-corrected chi connectivity index (χ1v) is 14.0. The molecule has 0 heterocycles. The van der Waals surface area contributed by atoms with Crippen LogP contribution in [0, 0.1) is 6.92 Å². The molecular formula is C25H33Cl2N3O4S. The molecule has 0 fully saturated rings. The molecule has 35 heavy (non-hydrogen) atoms.